The Bertz CT molecular complexity index is 1070. The van der Waals surface area contributed by atoms with Gasteiger partial charge in [-0.05, 0) is 64.2 Å². The minimum absolute atomic E-state index is 0.159. The van der Waals surface area contributed by atoms with E-state index >= 15 is 0 Å². The highest BCUT2D eigenvalue weighted by molar-refractivity contribution is 7.91. The Morgan fingerprint density at radius 2 is 1.63 bits per heavy atom. The van der Waals surface area contributed by atoms with E-state index in [4.69, 9.17) is 4.74 Å². The molecule has 10 heteroatoms. The second-order valence-electron chi connectivity index (χ2n) is 11.2. The molecule has 1 aliphatic heterocycles. The van der Waals surface area contributed by atoms with Gasteiger partial charge >= 0.3 is 16.3 Å². The van der Waals surface area contributed by atoms with Crippen LogP contribution >= 0.6 is 0 Å². The van der Waals surface area contributed by atoms with E-state index in [0.29, 0.717) is 16.9 Å². The molecule has 1 heterocycles. The summed E-state index contributed by atoms with van der Waals surface area (Å²) in [7, 11) is -4.27. The summed E-state index contributed by atoms with van der Waals surface area (Å²) in [4.78, 5) is 27.3. The quantitative estimate of drug-likeness (QED) is 0.423. The van der Waals surface area contributed by atoms with Crippen LogP contribution in [-0.4, -0.2) is 39.1 Å². The summed E-state index contributed by atoms with van der Waals surface area (Å²) in [5.41, 5.74) is 2.80. The lowest BCUT2D eigenvalue weighted by Gasteiger charge is -2.28. The molecule has 0 atom stereocenters. The van der Waals surface area contributed by atoms with E-state index in [9.17, 15) is 18.0 Å². The fourth-order valence-electron chi connectivity index (χ4n) is 4.03. The van der Waals surface area contributed by atoms with Gasteiger partial charge in [-0.3, -0.25) is 9.52 Å². The molecule has 9 nitrogen and oxygen atoms in total. The minimum atomic E-state index is -4.27. The van der Waals surface area contributed by atoms with Crippen LogP contribution < -0.4 is 19.7 Å². The number of hydrogen-bond acceptors (Lipinski definition) is 6. The summed E-state index contributed by atoms with van der Waals surface area (Å²) in [6, 6.07) is 0. The van der Waals surface area contributed by atoms with Crippen LogP contribution in [0.5, 0.6) is 0 Å². The van der Waals surface area contributed by atoms with E-state index in [-0.39, 0.29) is 5.91 Å². The fraction of sp³-hybridized carbons (Fsp3) is 0.680. The molecular formula is C25H42N4O5S. The van der Waals surface area contributed by atoms with Gasteiger partial charge in [-0.2, -0.15) is 8.42 Å². The summed E-state index contributed by atoms with van der Waals surface area (Å²) in [5.74, 6) is -0.159. The smallest absolute Gasteiger partial charge is 0.422 e. The van der Waals surface area contributed by atoms with Gasteiger partial charge in [-0.15, -0.1) is 0 Å². The molecule has 0 radical (unpaired) electrons. The Hall–Kier alpha value is -2.49. The predicted molar refractivity (Wildman–Crippen MR) is 141 cm³/mol. The van der Waals surface area contributed by atoms with E-state index in [0.717, 1.165) is 55.6 Å². The monoisotopic (exact) mass is 510 g/mol. The van der Waals surface area contributed by atoms with E-state index in [2.05, 4.69) is 21.9 Å². The first-order chi connectivity index (χ1) is 16.0. The molecule has 198 valence electrons. The average Bonchev–Trinajstić information content (AvgIpc) is 3.09. The zero-order valence-corrected chi connectivity index (χ0v) is 23.5. The molecule has 1 aliphatic rings. The molecule has 0 aliphatic carbocycles. The van der Waals surface area contributed by atoms with Crippen molar-refractivity contribution in [1.29, 1.82) is 0 Å². The van der Waals surface area contributed by atoms with Crippen molar-refractivity contribution in [2.75, 3.05) is 28.0 Å². The molecule has 0 bridgehead atoms. The molecule has 2 rings (SSSR count). The van der Waals surface area contributed by atoms with Crippen LogP contribution in [0.15, 0.2) is 0 Å². The molecule has 0 aromatic heterocycles. The normalized spacial score (nSPS) is 13.9. The number of hydrogen-bond donors (Lipinski definition) is 3. The van der Waals surface area contributed by atoms with Crippen molar-refractivity contribution >= 4 is 39.3 Å². The first-order valence-electron chi connectivity index (χ1n) is 12.2. The first-order valence-corrected chi connectivity index (χ1v) is 13.7. The Labute approximate surface area is 210 Å². The van der Waals surface area contributed by atoms with E-state index in [1.54, 1.807) is 27.7 Å². The van der Waals surface area contributed by atoms with Crippen LogP contribution in [0.25, 0.3) is 0 Å². The number of ether oxygens (including phenoxy) is 1. The number of nitrogens with one attached hydrogen (secondary N) is 3. The number of anilines is 3. The zero-order valence-electron chi connectivity index (χ0n) is 22.6. The number of rotatable bonds is 8. The highest BCUT2D eigenvalue weighted by Crippen LogP contribution is 2.45. The van der Waals surface area contributed by atoms with Crippen LogP contribution in [-0.2, 0) is 26.2 Å². The molecule has 3 N–H and O–H groups in total. The molecule has 1 aromatic rings. The number of benzene rings is 1. The van der Waals surface area contributed by atoms with Gasteiger partial charge in [0.1, 0.15) is 5.60 Å². The van der Waals surface area contributed by atoms with Gasteiger partial charge < -0.3 is 15.0 Å². The number of fused-ring (bicyclic) bond motifs is 1. The van der Waals surface area contributed by atoms with Crippen LogP contribution in [0.3, 0.4) is 0 Å². The van der Waals surface area contributed by atoms with Gasteiger partial charge in [-0.1, -0.05) is 40.5 Å². The van der Waals surface area contributed by atoms with Gasteiger partial charge in [0, 0.05) is 18.5 Å². The van der Waals surface area contributed by atoms with Crippen molar-refractivity contribution in [3.8, 4) is 0 Å². The SMILES string of the molecule is CCCCCN1CCc2c(C)c(NS(=O)(=O)NC(=O)OC(C)(C)C)c(C)c(NC(=O)C(C)(C)C)c21. The average molecular weight is 511 g/mol. The highest BCUT2D eigenvalue weighted by atomic mass is 32.2. The lowest BCUT2D eigenvalue weighted by molar-refractivity contribution is -0.123. The summed E-state index contributed by atoms with van der Waals surface area (Å²) >= 11 is 0. The van der Waals surface area contributed by atoms with Crippen molar-refractivity contribution in [3.05, 3.63) is 16.7 Å². The highest BCUT2D eigenvalue weighted by Gasteiger charge is 2.32. The predicted octanol–water partition coefficient (Wildman–Crippen LogP) is 5.02. The molecular weight excluding hydrogens is 468 g/mol. The van der Waals surface area contributed by atoms with Gasteiger partial charge in [0.05, 0.1) is 17.1 Å². The largest absolute Gasteiger partial charge is 0.443 e. The van der Waals surface area contributed by atoms with E-state index in [1.807, 2.05) is 32.4 Å². The van der Waals surface area contributed by atoms with Crippen molar-refractivity contribution in [3.63, 3.8) is 0 Å². The third-order valence-electron chi connectivity index (χ3n) is 5.85. The number of carbonyl (C=O) groups excluding carboxylic acids is 2. The molecule has 0 saturated heterocycles. The zero-order chi connectivity index (χ0) is 26.8. The minimum Gasteiger partial charge on any atom is -0.443 e. The lowest BCUT2D eigenvalue weighted by Crippen LogP contribution is -2.39. The second-order valence-corrected chi connectivity index (χ2v) is 12.6. The topological polar surface area (TPSA) is 117 Å². The number of unbranched alkanes of at least 4 members (excludes halogenated alkanes) is 2. The summed E-state index contributed by atoms with van der Waals surface area (Å²) in [5, 5.41) is 3.07. The van der Waals surface area contributed by atoms with Crippen molar-refractivity contribution in [2.24, 2.45) is 5.41 Å². The molecule has 0 fully saturated rings. The van der Waals surface area contributed by atoms with Gasteiger partial charge in [0.15, 0.2) is 0 Å². The Morgan fingerprint density at radius 1 is 1.00 bits per heavy atom. The van der Waals surface area contributed by atoms with Crippen molar-refractivity contribution in [2.45, 2.75) is 93.6 Å². The van der Waals surface area contributed by atoms with Crippen LogP contribution in [0.4, 0.5) is 21.9 Å². The lowest BCUT2D eigenvalue weighted by atomic mass is 9.94. The van der Waals surface area contributed by atoms with E-state index in [1.165, 1.54) is 0 Å². The molecule has 0 unspecified atom stereocenters. The number of nitrogens with zero attached hydrogens (tertiary/aromatic N) is 1. The van der Waals surface area contributed by atoms with Crippen LogP contribution in [0, 0.1) is 19.3 Å². The summed E-state index contributed by atoms with van der Waals surface area (Å²) < 4.78 is 35.1. The molecule has 0 saturated carbocycles. The molecule has 35 heavy (non-hydrogen) atoms. The van der Waals surface area contributed by atoms with Gasteiger partial charge in [-0.25, -0.2) is 9.52 Å². The van der Waals surface area contributed by atoms with Crippen LogP contribution in [0.2, 0.25) is 0 Å². The maximum absolute atomic E-state index is 13.0. The standard InChI is InChI=1S/C25H42N4O5S/c1-10-11-12-14-29-15-13-18-16(2)19(27-35(32,33)28-23(31)34-25(7,8)9)17(3)20(21(18)29)26-22(30)24(4,5)6/h27H,10-15H2,1-9H3,(H,26,30)(H,28,31). The fourth-order valence-corrected chi connectivity index (χ4v) is 4.92. The molecule has 0 spiro atoms. The number of amides is 2. The summed E-state index contributed by atoms with van der Waals surface area (Å²) in [6.07, 6.45) is 2.93. The molecule has 1 aromatic carbocycles. The maximum Gasteiger partial charge on any atom is 0.422 e. The number of carbonyl (C=O) groups is 2. The van der Waals surface area contributed by atoms with Crippen LogP contribution in [0.1, 0.15) is 84.4 Å². The summed E-state index contributed by atoms with van der Waals surface area (Å²) in [6.45, 7) is 17.9. The Kier molecular flexibility index (Phi) is 8.74. The Morgan fingerprint density at radius 3 is 2.17 bits per heavy atom. The second kappa shape index (κ2) is 10.6. The van der Waals surface area contributed by atoms with Crippen molar-refractivity contribution < 1.29 is 22.7 Å². The Balaban J connectivity index is 2.51. The van der Waals surface area contributed by atoms with Gasteiger partial charge in [0.25, 0.3) is 0 Å². The third-order valence-corrected chi connectivity index (χ3v) is 6.76. The molecule has 2 amide bonds. The third kappa shape index (κ3) is 7.49. The van der Waals surface area contributed by atoms with Gasteiger partial charge in [0.2, 0.25) is 5.91 Å². The van der Waals surface area contributed by atoms with Crippen molar-refractivity contribution in [1.82, 2.24) is 4.72 Å². The maximum atomic E-state index is 13.0. The first kappa shape index (κ1) is 28.7. The van der Waals surface area contributed by atoms with E-state index < -0.39 is 27.3 Å².